The van der Waals surface area contributed by atoms with Crippen LogP contribution in [0.3, 0.4) is 0 Å². The third-order valence-corrected chi connectivity index (χ3v) is 11.4. The maximum Gasteiger partial charge on any atom is 0.251 e. The van der Waals surface area contributed by atoms with Gasteiger partial charge < -0.3 is 28.8 Å². The van der Waals surface area contributed by atoms with Crippen LogP contribution in [-0.4, -0.2) is 81.1 Å². The van der Waals surface area contributed by atoms with Crippen LogP contribution < -0.4 is 10.1 Å². The molecule has 8 rings (SSSR count). The molecule has 6 heterocycles. The van der Waals surface area contributed by atoms with Crippen LogP contribution in [0.4, 0.5) is 4.39 Å². The standard InChI is InChI=1S/C43H53FN6O5/c1-6-43(4,5)55-17-15-42(2,3)48-41(51)29-12-13-37-38(21-29)50(24-33-14-16-52-33)39(46-37)25-49-23-34-20-31(19-32(49)27-53-34)36-8-7-9-40(47-36)54-26-30-11-10-28(22-45)18-35(30)44/h7-13,18,21,31-34H,6,14-17,19-20,23-27H2,1-5H3,(H,48,51)/t31?,32?,33-,34?/m0/s1. The fourth-order valence-corrected chi connectivity index (χ4v) is 7.56. The number of halogens is 1. The van der Waals surface area contributed by atoms with Crippen molar-refractivity contribution in [3.05, 3.63) is 88.6 Å². The lowest BCUT2D eigenvalue weighted by atomic mass is 9.93. The van der Waals surface area contributed by atoms with E-state index in [1.54, 1.807) is 18.2 Å². The maximum absolute atomic E-state index is 14.5. The van der Waals surface area contributed by atoms with Crippen LogP contribution in [0, 0.1) is 17.1 Å². The highest BCUT2D eigenvalue weighted by Gasteiger charge is 2.38. The van der Waals surface area contributed by atoms with Crippen LogP contribution in [-0.2, 0) is 33.9 Å². The molecule has 4 aliphatic heterocycles. The number of carbonyl (C=O) groups excluding carboxylic acids is 1. The summed E-state index contributed by atoms with van der Waals surface area (Å²) >= 11 is 0. The summed E-state index contributed by atoms with van der Waals surface area (Å²) in [6.45, 7) is 14.4. The minimum atomic E-state index is -0.472. The number of amides is 1. The van der Waals surface area contributed by atoms with E-state index in [9.17, 15) is 9.18 Å². The van der Waals surface area contributed by atoms with Crippen molar-refractivity contribution in [1.82, 2.24) is 24.8 Å². The van der Waals surface area contributed by atoms with Crippen LogP contribution in [0.5, 0.6) is 5.88 Å². The van der Waals surface area contributed by atoms with Crippen molar-refractivity contribution in [2.24, 2.45) is 0 Å². The first-order chi connectivity index (χ1) is 26.4. The zero-order valence-corrected chi connectivity index (χ0v) is 32.6. The summed E-state index contributed by atoms with van der Waals surface area (Å²) in [7, 11) is 0. The quantitative estimate of drug-likeness (QED) is 0.136. The van der Waals surface area contributed by atoms with Gasteiger partial charge in [-0.25, -0.2) is 14.4 Å². The number of nitrogens with one attached hydrogen (secondary N) is 1. The molecule has 55 heavy (non-hydrogen) atoms. The van der Waals surface area contributed by atoms with E-state index in [1.165, 1.54) is 6.07 Å². The van der Waals surface area contributed by atoms with E-state index in [-0.39, 0.29) is 47.8 Å². The molecule has 2 aromatic heterocycles. The molecule has 0 aliphatic carbocycles. The first-order valence-corrected chi connectivity index (χ1v) is 19.6. The highest BCUT2D eigenvalue weighted by Crippen LogP contribution is 2.37. The molecule has 4 saturated heterocycles. The third-order valence-electron chi connectivity index (χ3n) is 11.4. The minimum Gasteiger partial charge on any atom is -0.473 e. The van der Waals surface area contributed by atoms with Crippen LogP contribution in [0.15, 0.2) is 54.6 Å². The molecular weight excluding hydrogens is 700 g/mol. The number of benzene rings is 2. The van der Waals surface area contributed by atoms with Gasteiger partial charge in [-0.15, -0.1) is 0 Å². The van der Waals surface area contributed by atoms with Gasteiger partial charge in [0.2, 0.25) is 5.88 Å². The molecule has 11 nitrogen and oxygen atoms in total. The molecule has 2 bridgehead atoms. The lowest BCUT2D eigenvalue weighted by Crippen LogP contribution is -2.47. The van der Waals surface area contributed by atoms with Crippen molar-refractivity contribution in [2.45, 2.75) is 122 Å². The Bertz CT molecular complexity index is 2040. The van der Waals surface area contributed by atoms with Gasteiger partial charge in [0.1, 0.15) is 18.2 Å². The number of pyridine rings is 1. The number of morpholine rings is 1. The molecule has 1 amide bonds. The minimum absolute atomic E-state index is 0.0189. The number of hydrogen-bond acceptors (Lipinski definition) is 9. The lowest BCUT2D eigenvalue weighted by Gasteiger charge is -2.36. The molecule has 4 aromatic rings. The van der Waals surface area contributed by atoms with E-state index in [1.807, 2.05) is 50.2 Å². The fourth-order valence-electron chi connectivity index (χ4n) is 7.56. The number of aromatic nitrogens is 3. The number of nitriles is 1. The number of hydrogen-bond donors (Lipinski definition) is 1. The van der Waals surface area contributed by atoms with Crippen molar-refractivity contribution in [3.8, 4) is 11.9 Å². The number of fused-ring (bicyclic) bond motifs is 5. The van der Waals surface area contributed by atoms with Crippen molar-refractivity contribution < 1.29 is 28.1 Å². The molecule has 0 saturated carbocycles. The molecule has 1 N–H and O–H groups in total. The number of ether oxygens (including phenoxy) is 4. The highest BCUT2D eigenvalue weighted by atomic mass is 19.1. The Kier molecular flexibility index (Phi) is 11.6. The van der Waals surface area contributed by atoms with E-state index in [0.717, 1.165) is 61.4 Å². The molecule has 2 aromatic carbocycles. The third kappa shape index (κ3) is 9.35. The Labute approximate surface area is 323 Å². The summed E-state index contributed by atoms with van der Waals surface area (Å²) in [6, 6.07) is 18.0. The van der Waals surface area contributed by atoms with Gasteiger partial charge in [-0.3, -0.25) is 9.69 Å². The second kappa shape index (κ2) is 16.4. The fraction of sp³-hybridized carbons (Fsp3) is 0.535. The number of imidazole rings is 1. The Morgan fingerprint density at radius 1 is 1.09 bits per heavy atom. The average Bonchev–Trinajstić information content (AvgIpc) is 3.24. The van der Waals surface area contributed by atoms with E-state index >= 15 is 0 Å². The second-order valence-electron chi connectivity index (χ2n) is 16.5. The van der Waals surface area contributed by atoms with Crippen molar-refractivity contribution in [3.63, 3.8) is 0 Å². The van der Waals surface area contributed by atoms with Crippen molar-refractivity contribution in [1.29, 1.82) is 5.26 Å². The Morgan fingerprint density at radius 2 is 1.93 bits per heavy atom. The van der Waals surface area contributed by atoms with Gasteiger partial charge in [0.15, 0.2) is 0 Å². The van der Waals surface area contributed by atoms with E-state index < -0.39 is 11.4 Å². The van der Waals surface area contributed by atoms with Gasteiger partial charge in [-0.2, -0.15) is 5.26 Å². The number of carbonyl (C=O) groups is 1. The van der Waals surface area contributed by atoms with Crippen LogP contribution in [0.2, 0.25) is 0 Å². The second-order valence-corrected chi connectivity index (χ2v) is 16.5. The molecule has 4 fully saturated rings. The summed E-state index contributed by atoms with van der Waals surface area (Å²) < 4.78 is 40.9. The zero-order valence-electron chi connectivity index (χ0n) is 32.6. The average molecular weight is 753 g/mol. The van der Waals surface area contributed by atoms with Crippen LogP contribution in [0.25, 0.3) is 11.0 Å². The molecular formula is C43H53FN6O5. The zero-order chi connectivity index (χ0) is 38.7. The lowest BCUT2D eigenvalue weighted by molar-refractivity contribution is -0.0623. The normalized spacial score (nSPS) is 21.5. The Hall–Kier alpha value is -4.41. The Morgan fingerprint density at radius 3 is 2.67 bits per heavy atom. The summed E-state index contributed by atoms with van der Waals surface area (Å²) in [5.74, 6) is 0.958. The van der Waals surface area contributed by atoms with Gasteiger partial charge >= 0.3 is 0 Å². The van der Waals surface area contributed by atoms with E-state index in [2.05, 4.69) is 35.6 Å². The first kappa shape index (κ1) is 38.8. The van der Waals surface area contributed by atoms with E-state index in [4.69, 9.17) is 34.2 Å². The van der Waals surface area contributed by atoms with E-state index in [0.29, 0.717) is 49.7 Å². The van der Waals surface area contributed by atoms with Gasteiger partial charge in [0.25, 0.3) is 5.91 Å². The molecule has 12 heteroatoms. The van der Waals surface area contributed by atoms with Crippen molar-refractivity contribution >= 4 is 16.9 Å². The van der Waals surface area contributed by atoms with Crippen molar-refractivity contribution in [2.75, 3.05) is 26.4 Å². The van der Waals surface area contributed by atoms with Gasteiger partial charge in [-0.05, 0) is 96.2 Å². The molecule has 292 valence electrons. The summed E-state index contributed by atoms with van der Waals surface area (Å²) in [6.07, 6.45) is 4.46. The molecule has 0 radical (unpaired) electrons. The number of nitrogens with zero attached hydrogens (tertiary/aromatic N) is 5. The maximum atomic E-state index is 14.5. The summed E-state index contributed by atoms with van der Waals surface area (Å²) in [4.78, 5) is 26.1. The first-order valence-electron chi connectivity index (χ1n) is 19.6. The summed E-state index contributed by atoms with van der Waals surface area (Å²) in [5, 5.41) is 12.3. The largest absolute Gasteiger partial charge is 0.473 e. The van der Waals surface area contributed by atoms with Gasteiger partial charge in [-0.1, -0.05) is 19.1 Å². The molecule has 3 unspecified atom stereocenters. The topological polar surface area (TPSA) is 124 Å². The monoisotopic (exact) mass is 752 g/mol. The van der Waals surface area contributed by atoms with Gasteiger partial charge in [0, 0.05) is 60.1 Å². The molecule has 4 aliphatic rings. The highest BCUT2D eigenvalue weighted by molar-refractivity contribution is 5.97. The molecule has 0 spiro atoms. The smallest absolute Gasteiger partial charge is 0.251 e. The number of rotatable bonds is 15. The predicted octanol–water partition coefficient (Wildman–Crippen LogP) is 7.06. The van der Waals surface area contributed by atoms with Crippen LogP contribution >= 0.6 is 0 Å². The Balaban J connectivity index is 1.05. The SMILES string of the molecule is CCC(C)(C)OCCC(C)(C)NC(=O)c1ccc2nc(CN3CC4CC(c5cccc(OCc6ccc(C#N)cc6F)n5)CC3CO4)n(C[C@@H]3CCO3)c2c1. The van der Waals surface area contributed by atoms with Crippen LogP contribution in [0.1, 0.15) is 106 Å². The molecule has 4 atom stereocenters. The predicted molar refractivity (Wildman–Crippen MR) is 206 cm³/mol. The van der Waals surface area contributed by atoms with Gasteiger partial charge in [0.05, 0.1) is 60.2 Å². The summed E-state index contributed by atoms with van der Waals surface area (Å²) in [5.41, 5.74) is 3.33.